The number of aldehydes is 1. The second-order valence-corrected chi connectivity index (χ2v) is 7.00. The normalized spacial score (nSPS) is 14.8. The highest BCUT2D eigenvalue weighted by Gasteiger charge is 2.65. The summed E-state index contributed by atoms with van der Waals surface area (Å²) in [7, 11) is -9.69. The second kappa shape index (κ2) is 4.70. The van der Waals surface area contributed by atoms with Crippen LogP contribution in [0.25, 0.3) is 0 Å². The number of carbonyl (C=O) groups is 1. The summed E-state index contributed by atoms with van der Waals surface area (Å²) in [6, 6.07) is 8.72. The van der Waals surface area contributed by atoms with Gasteiger partial charge in [-0.2, -0.15) is 0 Å². The summed E-state index contributed by atoms with van der Waals surface area (Å²) < 4.78 is 68.7. The highest BCUT2D eigenvalue weighted by molar-refractivity contribution is 8.45. The van der Waals surface area contributed by atoms with Crippen LogP contribution in [-0.2, 0) is 6.61 Å². The van der Waals surface area contributed by atoms with Crippen molar-refractivity contribution in [2.75, 3.05) is 0 Å². The fourth-order valence-electron chi connectivity index (χ4n) is 1.68. The Kier molecular flexibility index (Phi) is 3.48. The molecule has 0 atom stereocenters. The van der Waals surface area contributed by atoms with Crippen molar-refractivity contribution in [3.8, 4) is 5.75 Å². The molecule has 2 nitrogen and oxygen atoms in total. The van der Waals surface area contributed by atoms with Crippen LogP contribution < -0.4 is 4.74 Å². The van der Waals surface area contributed by atoms with Crippen LogP contribution in [0.2, 0.25) is 0 Å². The predicted molar refractivity (Wildman–Crippen MR) is 74.0 cm³/mol. The molecule has 22 heavy (non-hydrogen) atoms. The van der Waals surface area contributed by atoms with Gasteiger partial charge >= 0.3 is 10.2 Å². The van der Waals surface area contributed by atoms with Gasteiger partial charge in [0, 0.05) is 5.56 Å². The summed E-state index contributed by atoms with van der Waals surface area (Å²) in [5.41, 5.74) is 0.375. The van der Waals surface area contributed by atoms with E-state index in [1.165, 1.54) is 30.3 Å². The maximum Gasteiger partial charge on any atom is 0.310 e. The van der Waals surface area contributed by atoms with Crippen molar-refractivity contribution >= 4 is 16.5 Å². The van der Waals surface area contributed by atoms with Gasteiger partial charge in [0.05, 0.1) is 0 Å². The summed E-state index contributed by atoms with van der Waals surface area (Å²) in [6.07, 6.45) is 0.627. The fraction of sp³-hybridized carbons (Fsp3) is 0.0714. The topological polar surface area (TPSA) is 26.3 Å². The lowest BCUT2D eigenvalue weighted by atomic mass is 10.2. The molecule has 2 aromatic carbocycles. The Bertz CT molecular complexity index is 695. The third-order valence-corrected chi connectivity index (χ3v) is 3.91. The number of hydrogen-bond acceptors (Lipinski definition) is 2. The number of rotatable bonds is 5. The van der Waals surface area contributed by atoms with E-state index in [4.69, 9.17) is 4.74 Å². The van der Waals surface area contributed by atoms with Crippen LogP contribution in [0.5, 0.6) is 5.75 Å². The zero-order valence-electron chi connectivity index (χ0n) is 11.0. The van der Waals surface area contributed by atoms with Gasteiger partial charge in [0.15, 0.2) is 0 Å². The standard InChI is InChI=1S/C14H11F5O2S/c15-22(16,17,18,19)14-3-1-2-12(8-14)10-21-13-6-4-11(9-20)5-7-13/h1-9H,10H2. The smallest absolute Gasteiger partial charge is 0.310 e. The number of hydrogen-bond donors (Lipinski definition) is 0. The lowest BCUT2D eigenvalue weighted by molar-refractivity contribution is 0.112. The van der Waals surface area contributed by atoms with Crippen molar-refractivity contribution in [3.63, 3.8) is 0 Å². The molecule has 2 aromatic rings. The Balaban J connectivity index is 2.16. The SMILES string of the molecule is O=Cc1ccc(OCc2cccc(S(F)(F)(F)(F)F)c2)cc1. The van der Waals surface area contributed by atoms with Gasteiger partial charge in [-0.25, -0.2) is 0 Å². The van der Waals surface area contributed by atoms with Crippen LogP contribution in [-0.4, -0.2) is 6.29 Å². The molecule has 0 bridgehead atoms. The summed E-state index contributed by atoms with van der Waals surface area (Å²) in [6.45, 7) is -0.303. The first kappa shape index (κ1) is 16.3. The van der Waals surface area contributed by atoms with E-state index < -0.39 is 15.1 Å². The van der Waals surface area contributed by atoms with E-state index in [0.29, 0.717) is 29.7 Å². The average molecular weight is 338 g/mol. The van der Waals surface area contributed by atoms with E-state index in [1.807, 2.05) is 0 Å². The molecule has 0 unspecified atom stereocenters. The Morgan fingerprint density at radius 2 is 1.59 bits per heavy atom. The Morgan fingerprint density at radius 3 is 2.14 bits per heavy atom. The van der Waals surface area contributed by atoms with Crippen LogP contribution in [0.4, 0.5) is 19.4 Å². The van der Waals surface area contributed by atoms with Crippen LogP contribution in [0, 0.1) is 0 Å². The molecule has 0 aliphatic heterocycles. The molecule has 0 spiro atoms. The Labute approximate surface area is 123 Å². The van der Waals surface area contributed by atoms with E-state index in [1.54, 1.807) is 0 Å². The molecular formula is C14H11F5O2S. The largest absolute Gasteiger partial charge is 0.489 e. The third kappa shape index (κ3) is 4.20. The van der Waals surface area contributed by atoms with Gasteiger partial charge in [-0.3, -0.25) is 4.79 Å². The molecule has 2 rings (SSSR count). The number of halogens is 5. The van der Waals surface area contributed by atoms with E-state index in [-0.39, 0.29) is 12.2 Å². The van der Waals surface area contributed by atoms with E-state index in [2.05, 4.69) is 0 Å². The highest BCUT2D eigenvalue weighted by Crippen LogP contribution is 3.02. The van der Waals surface area contributed by atoms with Gasteiger partial charge in [0.25, 0.3) is 0 Å². The predicted octanol–water partition coefficient (Wildman–Crippen LogP) is 5.74. The zero-order chi connectivity index (χ0) is 16.5. The molecule has 0 aliphatic carbocycles. The van der Waals surface area contributed by atoms with Crippen LogP contribution in [0.3, 0.4) is 0 Å². The molecule has 8 heteroatoms. The molecule has 120 valence electrons. The minimum atomic E-state index is -9.69. The molecule has 0 aliphatic rings. The molecule has 0 aromatic heterocycles. The van der Waals surface area contributed by atoms with Gasteiger partial charge < -0.3 is 4.74 Å². The van der Waals surface area contributed by atoms with Gasteiger partial charge in [0.1, 0.15) is 23.5 Å². The Hall–Kier alpha value is -2.09. The van der Waals surface area contributed by atoms with Crippen molar-refractivity contribution in [2.24, 2.45) is 0 Å². The van der Waals surface area contributed by atoms with Gasteiger partial charge in [-0.05, 0) is 42.0 Å². The third-order valence-electron chi connectivity index (χ3n) is 2.77. The number of benzene rings is 2. The van der Waals surface area contributed by atoms with E-state index in [9.17, 15) is 24.2 Å². The first-order chi connectivity index (χ1) is 9.97. The molecule has 0 radical (unpaired) electrons. The highest BCUT2D eigenvalue weighted by atomic mass is 32.5. The minimum Gasteiger partial charge on any atom is -0.489 e. The fourth-order valence-corrected chi connectivity index (χ4v) is 2.39. The summed E-state index contributed by atoms with van der Waals surface area (Å²) in [5.74, 6) is 0.309. The van der Waals surface area contributed by atoms with Gasteiger partial charge in [0.2, 0.25) is 0 Å². The monoisotopic (exact) mass is 338 g/mol. The first-order valence-corrected chi connectivity index (χ1v) is 7.94. The number of carbonyl (C=O) groups excluding carboxylic acids is 1. The van der Waals surface area contributed by atoms with Crippen LogP contribution >= 0.6 is 10.2 Å². The lowest BCUT2D eigenvalue weighted by Crippen LogP contribution is -2.07. The maximum atomic E-state index is 12.7. The average Bonchev–Trinajstić information content (AvgIpc) is 2.44. The van der Waals surface area contributed by atoms with Crippen molar-refractivity contribution in [2.45, 2.75) is 11.5 Å². The van der Waals surface area contributed by atoms with E-state index >= 15 is 0 Å². The van der Waals surface area contributed by atoms with Gasteiger partial charge in [-0.15, -0.1) is 0 Å². The molecule has 0 fully saturated rings. The molecule has 0 saturated carbocycles. The van der Waals surface area contributed by atoms with Crippen molar-refractivity contribution in [1.82, 2.24) is 0 Å². The van der Waals surface area contributed by atoms with Crippen LogP contribution in [0.15, 0.2) is 53.4 Å². The van der Waals surface area contributed by atoms with E-state index in [0.717, 1.165) is 6.07 Å². The molecular weight excluding hydrogens is 327 g/mol. The molecule has 0 N–H and O–H groups in total. The summed E-state index contributed by atoms with van der Waals surface area (Å²) in [4.78, 5) is 8.53. The van der Waals surface area contributed by atoms with Gasteiger partial charge in [-0.1, -0.05) is 31.6 Å². The summed E-state index contributed by atoms with van der Waals surface area (Å²) >= 11 is 0. The summed E-state index contributed by atoms with van der Waals surface area (Å²) in [5, 5.41) is 0. The Morgan fingerprint density at radius 1 is 0.955 bits per heavy atom. The van der Waals surface area contributed by atoms with Crippen LogP contribution in [0.1, 0.15) is 15.9 Å². The molecule has 0 heterocycles. The van der Waals surface area contributed by atoms with Crippen molar-refractivity contribution in [1.29, 1.82) is 0 Å². The van der Waals surface area contributed by atoms with Crippen molar-refractivity contribution in [3.05, 3.63) is 59.7 Å². The quantitative estimate of drug-likeness (QED) is 0.514. The molecule has 0 amide bonds. The van der Waals surface area contributed by atoms with Crippen molar-refractivity contribution < 1.29 is 29.0 Å². The minimum absolute atomic E-state index is 0.0368. The first-order valence-electron chi connectivity index (χ1n) is 5.99. The number of ether oxygens (including phenoxy) is 1. The molecule has 0 saturated heterocycles. The maximum absolute atomic E-state index is 12.7. The second-order valence-electron chi connectivity index (χ2n) is 4.59. The zero-order valence-corrected chi connectivity index (χ0v) is 11.8. The lowest BCUT2D eigenvalue weighted by Gasteiger charge is -2.40.